The van der Waals surface area contributed by atoms with Gasteiger partial charge in [0.1, 0.15) is 6.04 Å². The van der Waals surface area contributed by atoms with Crippen LogP contribution in [0.4, 0.5) is 4.79 Å². The first-order chi connectivity index (χ1) is 19.1. The number of hydrogen-bond donors (Lipinski definition) is 3. The van der Waals surface area contributed by atoms with E-state index in [-0.39, 0.29) is 43.4 Å². The van der Waals surface area contributed by atoms with Gasteiger partial charge in [-0.25, -0.2) is 17.5 Å². The van der Waals surface area contributed by atoms with Crippen LogP contribution < -0.4 is 10.6 Å². The second kappa shape index (κ2) is 13.6. The van der Waals surface area contributed by atoms with Crippen LogP contribution in [0, 0.1) is 5.92 Å². The Labute approximate surface area is 241 Å². The van der Waals surface area contributed by atoms with Crippen molar-refractivity contribution in [3.05, 3.63) is 22.4 Å². The zero-order valence-corrected chi connectivity index (χ0v) is 25.1. The second-order valence-corrected chi connectivity index (χ2v) is 14.9. The highest BCUT2D eigenvalue weighted by atomic mass is 32.2. The van der Waals surface area contributed by atoms with Gasteiger partial charge >= 0.3 is 6.09 Å². The number of sulfonamides is 1. The molecule has 3 fully saturated rings. The topological polar surface area (TPSA) is 139 Å². The summed E-state index contributed by atoms with van der Waals surface area (Å²) in [6.45, 7) is 4.57. The predicted molar refractivity (Wildman–Crippen MR) is 153 cm³/mol. The Bertz CT molecular complexity index is 1110. The summed E-state index contributed by atoms with van der Waals surface area (Å²) in [5, 5.41) is 17.6. The summed E-state index contributed by atoms with van der Waals surface area (Å²) in [5.74, 6) is -0.653. The Balaban J connectivity index is 1.53. The average Bonchev–Trinajstić information content (AvgIpc) is 3.48. The van der Waals surface area contributed by atoms with Crippen LogP contribution in [0.3, 0.4) is 0 Å². The van der Waals surface area contributed by atoms with Crippen molar-refractivity contribution in [3.8, 4) is 0 Å². The van der Waals surface area contributed by atoms with Crippen molar-refractivity contribution in [1.82, 2.24) is 24.7 Å². The maximum absolute atomic E-state index is 14.3. The lowest BCUT2D eigenvalue weighted by molar-refractivity contribution is -0.146. The largest absolute Gasteiger partial charge is 0.465 e. The molecule has 3 N–H and O–H groups in total. The molecule has 2 saturated heterocycles. The molecule has 1 aromatic heterocycles. The Kier molecular flexibility index (Phi) is 10.5. The second-order valence-electron chi connectivity index (χ2n) is 11.4. The quantitative estimate of drug-likeness (QED) is 0.397. The molecule has 13 heteroatoms. The molecule has 3 amide bonds. The van der Waals surface area contributed by atoms with Crippen molar-refractivity contribution < 1.29 is 27.9 Å². The molecule has 0 aromatic carbocycles. The molecule has 1 aliphatic carbocycles. The first-order valence-electron chi connectivity index (χ1n) is 14.4. The summed E-state index contributed by atoms with van der Waals surface area (Å²) in [5.41, 5.74) is 0. The molecular formula is C27H43N5O6S2. The van der Waals surface area contributed by atoms with E-state index in [2.05, 4.69) is 10.6 Å². The summed E-state index contributed by atoms with van der Waals surface area (Å²) in [7, 11) is -3.37. The van der Waals surface area contributed by atoms with Gasteiger partial charge in [0.25, 0.3) is 0 Å². The van der Waals surface area contributed by atoms with Crippen LogP contribution in [-0.4, -0.2) is 102 Å². The van der Waals surface area contributed by atoms with Crippen molar-refractivity contribution in [1.29, 1.82) is 0 Å². The number of carboxylic acid groups (broad SMARTS) is 1. The highest BCUT2D eigenvalue weighted by molar-refractivity contribution is 7.89. The molecule has 224 valence electrons. The Hall–Kier alpha value is -2.22. The van der Waals surface area contributed by atoms with E-state index in [0.717, 1.165) is 30.6 Å². The van der Waals surface area contributed by atoms with Gasteiger partial charge < -0.3 is 25.5 Å². The van der Waals surface area contributed by atoms with Gasteiger partial charge in [0.05, 0.1) is 24.4 Å². The lowest BCUT2D eigenvalue weighted by atomic mass is 9.86. The molecule has 2 aliphatic heterocycles. The standard InChI is InChI=1S/C27H43N5O6S2/c1-19(2)40(37,38)31-12-10-20(11-13-31)24(29-21-7-4-3-5-8-21)26(34)32-15-14-30(27(35)36)18-23(32)25(33)28-17-22-9-6-16-39-22/h6,9,16,19-21,23-24,29H,3-5,7-8,10-15,17-18H2,1-2H3,(H,28,33)(H,35,36)/t23-,24+/m0/s1. The van der Waals surface area contributed by atoms with Gasteiger partial charge in [-0.05, 0) is 56.9 Å². The summed E-state index contributed by atoms with van der Waals surface area (Å²) >= 11 is 1.51. The van der Waals surface area contributed by atoms with Crippen LogP contribution in [0.2, 0.25) is 0 Å². The number of nitrogens with zero attached hydrogens (tertiary/aromatic N) is 3. The van der Waals surface area contributed by atoms with E-state index < -0.39 is 33.5 Å². The molecule has 2 atom stereocenters. The van der Waals surface area contributed by atoms with E-state index >= 15 is 0 Å². The van der Waals surface area contributed by atoms with E-state index in [1.54, 1.807) is 18.7 Å². The molecule has 0 spiro atoms. The molecule has 1 aromatic rings. The molecule has 40 heavy (non-hydrogen) atoms. The fraction of sp³-hybridized carbons (Fsp3) is 0.741. The zero-order valence-electron chi connectivity index (χ0n) is 23.5. The maximum atomic E-state index is 14.3. The highest BCUT2D eigenvalue weighted by Crippen LogP contribution is 2.28. The van der Waals surface area contributed by atoms with Gasteiger partial charge in [-0.1, -0.05) is 25.3 Å². The molecule has 3 heterocycles. The van der Waals surface area contributed by atoms with Gasteiger partial charge in [-0.3, -0.25) is 9.59 Å². The molecular weight excluding hydrogens is 554 g/mol. The molecule has 1 saturated carbocycles. The predicted octanol–water partition coefficient (Wildman–Crippen LogP) is 2.30. The van der Waals surface area contributed by atoms with Crippen LogP contribution in [-0.2, 0) is 26.2 Å². The van der Waals surface area contributed by atoms with Gasteiger partial charge in [0, 0.05) is 37.1 Å². The monoisotopic (exact) mass is 597 g/mol. The number of rotatable bonds is 9. The van der Waals surface area contributed by atoms with Gasteiger partial charge in [0.2, 0.25) is 21.8 Å². The Morgan fingerprint density at radius 1 is 1.05 bits per heavy atom. The third-order valence-corrected chi connectivity index (χ3v) is 11.6. The number of piperidine rings is 1. The number of nitrogens with one attached hydrogen (secondary N) is 2. The van der Waals surface area contributed by atoms with Gasteiger partial charge in [0.15, 0.2) is 0 Å². The van der Waals surface area contributed by atoms with E-state index in [1.165, 1.54) is 27.0 Å². The van der Waals surface area contributed by atoms with E-state index in [4.69, 9.17) is 0 Å². The van der Waals surface area contributed by atoms with Crippen molar-refractivity contribution >= 4 is 39.3 Å². The molecule has 3 aliphatic rings. The lowest BCUT2D eigenvalue weighted by Crippen LogP contribution is -2.65. The van der Waals surface area contributed by atoms with E-state index in [0.29, 0.717) is 32.5 Å². The first-order valence-corrected chi connectivity index (χ1v) is 16.8. The third-order valence-electron chi connectivity index (χ3n) is 8.47. The normalized spacial score (nSPS) is 22.8. The number of amides is 3. The zero-order chi connectivity index (χ0) is 28.9. The van der Waals surface area contributed by atoms with E-state index in [9.17, 15) is 27.9 Å². The SMILES string of the molecule is CC(C)S(=O)(=O)N1CCC([C@@H](NC2CCCCC2)C(=O)N2CCN(C(=O)O)C[C@H]2C(=O)NCc2cccs2)CC1. The van der Waals surface area contributed by atoms with Crippen LogP contribution in [0.15, 0.2) is 17.5 Å². The molecule has 0 bridgehead atoms. The van der Waals surface area contributed by atoms with Gasteiger partial charge in [-0.15, -0.1) is 11.3 Å². The lowest BCUT2D eigenvalue weighted by Gasteiger charge is -2.44. The Morgan fingerprint density at radius 2 is 1.75 bits per heavy atom. The van der Waals surface area contributed by atoms with Crippen LogP contribution in [0.5, 0.6) is 0 Å². The minimum absolute atomic E-state index is 0.0830. The van der Waals surface area contributed by atoms with Crippen LogP contribution >= 0.6 is 11.3 Å². The number of carbonyl (C=O) groups excluding carboxylic acids is 2. The van der Waals surface area contributed by atoms with Crippen molar-refractivity contribution in [2.24, 2.45) is 5.92 Å². The van der Waals surface area contributed by atoms with E-state index in [1.807, 2.05) is 17.5 Å². The number of carbonyl (C=O) groups is 3. The minimum Gasteiger partial charge on any atom is -0.465 e. The summed E-state index contributed by atoms with van der Waals surface area (Å²) in [4.78, 5) is 43.1. The van der Waals surface area contributed by atoms with Crippen molar-refractivity contribution in [2.45, 2.75) is 88.7 Å². The molecule has 0 unspecified atom stereocenters. The number of hydrogen-bond acceptors (Lipinski definition) is 7. The van der Waals surface area contributed by atoms with Crippen molar-refractivity contribution in [2.75, 3.05) is 32.7 Å². The van der Waals surface area contributed by atoms with Crippen LogP contribution in [0.25, 0.3) is 0 Å². The van der Waals surface area contributed by atoms with Crippen molar-refractivity contribution in [3.63, 3.8) is 0 Å². The highest BCUT2D eigenvalue weighted by Gasteiger charge is 2.43. The fourth-order valence-electron chi connectivity index (χ4n) is 6.02. The third kappa shape index (κ3) is 7.34. The minimum atomic E-state index is -3.37. The van der Waals surface area contributed by atoms with Gasteiger partial charge in [-0.2, -0.15) is 0 Å². The maximum Gasteiger partial charge on any atom is 0.407 e. The molecule has 4 rings (SSSR count). The number of piperazine rings is 1. The summed E-state index contributed by atoms with van der Waals surface area (Å²) in [6, 6.07) is 2.50. The molecule has 11 nitrogen and oxygen atoms in total. The van der Waals surface area contributed by atoms with Crippen LogP contribution in [0.1, 0.15) is 63.7 Å². The Morgan fingerprint density at radius 3 is 2.35 bits per heavy atom. The smallest absolute Gasteiger partial charge is 0.407 e. The average molecular weight is 598 g/mol. The first kappa shape index (κ1) is 30.7. The molecule has 0 radical (unpaired) electrons. The summed E-state index contributed by atoms with van der Waals surface area (Å²) < 4.78 is 27.0. The fourth-order valence-corrected chi connectivity index (χ4v) is 7.98. The number of thiophene rings is 1. The summed E-state index contributed by atoms with van der Waals surface area (Å²) in [6.07, 6.45) is 5.29.